The van der Waals surface area contributed by atoms with Gasteiger partial charge in [-0.3, -0.25) is 0 Å². The second-order valence-electron chi connectivity index (χ2n) is 3.50. The molecule has 0 saturated heterocycles. The van der Waals surface area contributed by atoms with Gasteiger partial charge in [0.2, 0.25) is 0 Å². The fraction of sp³-hybridized carbons (Fsp3) is 1.00. The minimum Gasteiger partial charge on any atom is -0.743 e. The smallest absolute Gasteiger partial charge is 0.743 e. The van der Waals surface area contributed by atoms with Crippen LogP contribution >= 0.6 is 0 Å². The average molecular weight is 328 g/mol. The van der Waals surface area contributed by atoms with Gasteiger partial charge in [0.15, 0.2) is 10.1 Å². The Balaban J connectivity index is 0. The standard InChI is InChI=1S/C7H9F7O3S.Na/c8-5(9,7(13,14)18(15,16)17)3-1-2-4-6(10,11)12;/h1-4H2,(H,15,16,17);/q;+1/p-1. The van der Waals surface area contributed by atoms with E-state index in [9.17, 15) is 43.7 Å². The van der Waals surface area contributed by atoms with E-state index in [0.717, 1.165) is 0 Å². The van der Waals surface area contributed by atoms with Crippen molar-refractivity contribution in [3.63, 3.8) is 0 Å². The Bertz CT molecular complexity index is 379. The van der Waals surface area contributed by atoms with Crippen molar-refractivity contribution in [3.8, 4) is 0 Å². The molecule has 0 radical (unpaired) electrons. The summed E-state index contributed by atoms with van der Waals surface area (Å²) in [4.78, 5) is 0. The van der Waals surface area contributed by atoms with Gasteiger partial charge < -0.3 is 4.55 Å². The summed E-state index contributed by atoms with van der Waals surface area (Å²) in [5.74, 6) is -5.20. The number of halogens is 7. The summed E-state index contributed by atoms with van der Waals surface area (Å²) in [5.41, 5.74) is 0. The minimum absolute atomic E-state index is 0. The molecular formula is C7H8F7NaO3S. The van der Waals surface area contributed by atoms with E-state index in [0.29, 0.717) is 0 Å². The summed E-state index contributed by atoms with van der Waals surface area (Å²) < 4.78 is 115. The van der Waals surface area contributed by atoms with Crippen LogP contribution in [0, 0.1) is 0 Å². The number of alkyl halides is 7. The van der Waals surface area contributed by atoms with Crippen molar-refractivity contribution >= 4 is 10.1 Å². The molecule has 12 heteroatoms. The summed E-state index contributed by atoms with van der Waals surface area (Å²) in [6, 6.07) is 0. The van der Waals surface area contributed by atoms with Gasteiger partial charge in [-0.1, -0.05) is 0 Å². The molecule has 0 N–H and O–H groups in total. The third kappa shape index (κ3) is 6.61. The van der Waals surface area contributed by atoms with E-state index in [4.69, 9.17) is 0 Å². The van der Waals surface area contributed by atoms with E-state index in [-0.39, 0.29) is 29.6 Å². The van der Waals surface area contributed by atoms with E-state index in [1.54, 1.807) is 0 Å². The zero-order chi connectivity index (χ0) is 14.8. The van der Waals surface area contributed by atoms with Crippen LogP contribution in [0.5, 0.6) is 0 Å². The molecule has 0 aromatic carbocycles. The Morgan fingerprint density at radius 2 is 1.21 bits per heavy atom. The van der Waals surface area contributed by atoms with Crippen LogP contribution in [0.15, 0.2) is 0 Å². The Morgan fingerprint density at radius 1 is 0.842 bits per heavy atom. The normalized spacial score (nSPS) is 14.1. The zero-order valence-electron chi connectivity index (χ0n) is 9.61. The molecule has 0 spiro atoms. The molecule has 0 bridgehead atoms. The molecule has 0 atom stereocenters. The fourth-order valence-electron chi connectivity index (χ4n) is 1.00. The van der Waals surface area contributed by atoms with Crippen LogP contribution in [-0.2, 0) is 10.1 Å². The summed E-state index contributed by atoms with van der Waals surface area (Å²) in [6.45, 7) is 0. The number of rotatable bonds is 6. The van der Waals surface area contributed by atoms with Gasteiger partial charge in [0.1, 0.15) is 0 Å². The second-order valence-corrected chi connectivity index (χ2v) is 4.92. The van der Waals surface area contributed by atoms with Gasteiger partial charge in [-0.15, -0.1) is 0 Å². The summed E-state index contributed by atoms with van der Waals surface area (Å²) in [7, 11) is -6.58. The van der Waals surface area contributed by atoms with Crippen molar-refractivity contribution in [2.75, 3.05) is 0 Å². The van der Waals surface area contributed by atoms with Gasteiger partial charge in [0.05, 0.1) is 0 Å². The molecule has 0 amide bonds. The molecule has 0 fully saturated rings. The van der Waals surface area contributed by atoms with Crippen LogP contribution in [0.1, 0.15) is 25.7 Å². The van der Waals surface area contributed by atoms with E-state index in [2.05, 4.69) is 0 Å². The Kier molecular flexibility index (Phi) is 7.91. The maximum absolute atomic E-state index is 12.7. The maximum Gasteiger partial charge on any atom is 1.00 e. The van der Waals surface area contributed by atoms with Gasteiger partial charge in [-0.2, -0.15) is 30.7 Å². The molecule has 0 aromatic heterocycles. The first-order chi connectivity index (χ1) is 7.71. The Hall–Kier alpha value is 0.420. The SMILES string of the molecule is O=S(=O)([O-])C(F)(F)C(F)(F)CCCCC(F)(F)F.[Na+]. The third-order valence-electron chi connectivity index (χ3n) is 1.94. The summed E-state index contributed by atoms with van der Waals surface area (Å²) >= 11 is 0. The number of unbranched alkanes of at least 4 members (excludes halogenated alkanes) is 1. The van der Waals surface area contributed by atoms with Crippen molar-refractivity contribution in [1.82, 2.24) is 0 Å². The molecule has 19 heavy (non-hydrogen) atoms. The van der Waals surface area contributed by atoms with Gasteiger partial charge in [0.25, 0.3) is 0 Å². The monoisotopic (exact) mass is 328 g/mol. The first-order valence-corrected chi connectivity index (χ1v) is 5.89. The summed E-state index contributed by atoms with van der Waals surface area (Å²) in [6.07, 6.45) is -9.76. The van der Waals surface area contributed by atoms with Gasteiger partial charge in [-0.05, 0) is 12.8 Å². The van der Waals surface area contributed by atoms with E-state index >= 15 is 0 Å². The molecule has 0 aliphatic heterocycles. The molecule has 0 unspecified atom stereocenters. The van der Waals surface area contributed by atoms with Gasteiger partial charge in [-0.25, -0.2) is 8.42 Å². The average Bonchev–Trinajstić information content (AvgIpc) is 2.09. The Morgan fingerprint density at radius 3 is 1.53 bits per heavy atom. The van der Waals surface area contributed by atoms with Crippen LogP contribution in [0.3, 0.4) is 0 Å². The number of hydrogen-bond acceptors (Lipinski definition) is 3. The predicted octanol–water partition coefficient (Wildman–Crippen LogP) is -0.114. The zero-order valence-corrected chi connectivity index (χ0v) is 12.4. The molecule has 0 heterocycles. The molecule has 0 aliphatic carbocycles. The molecule has 0 aromatic rings. The van der Waals surface area contributed by atoms with Crippen molar-refractivity contribution in [2.45, 2.75) is 43.0 Å². The molecule has 110 valence electrons. The maximum atomic E-state index is 12.7. The van der Waals surface area contributed by atoms with E-state index in [1.165, 1.54) is 0 Å². The molecular weight excluding hydrogens is 320 g/mol. The third-order valence-corrected chi connectivity index (χ3v) is 2.87. The van der Waals surface area contributed by atoms with Crippen molar-refractivity contribution in [1.29, 1.82) is 0 Å². The van der Waals surface area contributed by atoms with Crippen molar-refractivity contribution < 1.29 is 73.3 Å². The van der Waals surface area contributed by atoms with Crippen molar-refractivity contribution in [2.24, 2.45) is 0 Å². The summed E-state index contributed by atoms with van der Waals surface area (Å²) in [5, 5.41) is -5.84. The van der Waals surface area contributed by atoms with Crippen LogP contribution in [-0.4, -0.2) is 30.3 Å². The molecule has 0 saturated carbocycles. The van der Waals surface area contributed by atoms with Crippen LogP contribution in [0.25, 0.3) is 0 Å². The van der Waals surface area contributed by atoms with Gasteiger partial charge >= 0.3 is 46.9 Å². The minimum atomic E-state index is -6.58. The predicted molar refractivity (Wildman–Crippen MR) is 44.1 cm³/mol. The molecule has 0 rings (SSSR count). The van der Waals surface area contributed by atoms with Crippen LogP contribution in [0.4, 0.5) is 30.7 Å². The quantitative estimate of drug-likeness (QED) is 0.296. The first-order valence-electron chi connectivity index (χ1n) is 4.48. The fourth-order valence-corrected chi connectivity index (χ4v) is 1.47. The van der Waals surface area contributed by atoms with Gasteiger partial charge in [0, 0.05) is 12.8 Å². The molecule has 3 nitrogen and oxygen atoms in total. The van der Waals surface area contributed by atoms with Crippen molar-refractivity contribution in [3.05, 3.63) is 0 Å². The van der Waals surface area contributed by atoms with E-state index in [1.807, 2.05) is 0 Å². The largest absolute Gasteiger partial charge is 1.00 e. The topological polar surface area (TPSA) is 57.2 Å². The number of hydrogen-bond donors (Lipinski definition) is 0. The second kappa shape index (κ2) is 6.92. The first kappa shape index (κ1) is 21.7. The van der Waals surface area contributed by atoms with Crippen LogP contribution in [0.2, 0.25) is 0 Å². The molecule has 0 aliphatic rings. The Labute approximate surface area is 126 Å². The van der Waals surface area contributed by atoms with Crippen LogP contribution < -0.4 is 29.6 Å². The van der Waals surface area contributed by atoms with E-state index < -0.39 is 53.2 Å².